The molecule has 9 heteroatoms. The Hall–Kier alpha value is -2.20. The first-order valence-electron chi connectivity index (χ1n) is 18.2. The van der Waals surface area contributed by atoms with Crippen molar-refractivity contribution in [3.05, 3.63) is 60.7 Å². The Balaban J connectivity index is 1.75. The summed E-state index contributed by atoms with van der Waals surface area (Å²) < 4.78 is 60.6. The minimum absolute atomic E-state index is 0.159. The van der Waals surface area contributed by atoms with E-state index < -0.39 is 49.5 Å². The van der Waals surface area contributed by atoms with E-state index in [1.807, 2.05) is 60.7 Å². The highest BCUT2D eigenvalue weighted by molar-refractivity contribution is 6.99. The molecular formula is C39H60F3NO4Si. The molecule has 0 aromatic heterocycles. The van der Waals surface area contributed by atoms with E-state index >= 15 is 0 Å². The molecule has 0 radical (unpaired) electrons. The molecule has 5 nitrogen and oxygen atoms in total. The van der Waals surface area contributed by atoms with Crippen LogP contribution in [0.4, 0.5) is 13.2 Å². The first-order chi connectivity index (χ1) is 22.7. The van der Waals surface area contributed by atoms with Crippen LogP contribution in [0.15, 0.2) is 60.7 Å². The van der Waals surface area contributed by atoms with E-state index in [-0.39, 0.29) is 6.61 Å². The summed E-state index contributed by atoms with van der Waals surface area (Å²) in [6.45, 7) is 11.9. The number of hydrogen-bond donors (Lipinski definition) is 1. The number of hydrogen-bond acceptors (Lipinski definition) is 4. The maximum absolute atomic E-state index is 13.7. The molecule has 48 heavy (non-hydrogen) atoms. The van der Waals surface area contributed by atoms with Gasteiger partial charge in [-0.15, -0.1) is 0 Å². The summed E-state index contributed by atoms with van der Waals surface area (Å²) in [6, 6.07) is 18.8. The second-order valence-electron chi connectivity index (χ2n) is 14.9. The molecule has 0 spiro atoms. The highest BCUT2D eigenvalue weighted by atomic mass is 28.4. The van der Waals surface area contributed by atoms with Crippen molar-refractivity contribution in [2.24, 2.45) is 0 Å². The van der Waals surface area contributed by atoms with E-state index in [1.165, 1.54) is 57.8 Å². The molecule has 0 aliphatic carbocycles. The fourth-order valence-corrected chi connectivity index (χ4v) is 11.6. The molecule has 1 heterocycles. The van der Waals surface area contributed by atoms with E-state index in [0.29, 0.717) is 6.42 Å². The Kier molecular flexibility index (Phi) is 15.7. The second kappa shape index (κ2) is 18.7. The molecule has 0 bridgehead atoms. The molecule has 2 aromatic carbocycles. The lowest BCUT2D eigenvalue weighted by molar-refractivity contribution is -0.177. The largest absolute Gasteiger partial charge is 0.471 e. The third kappa shape index (κ3) is 11.7. The monoisotopic (exact) mass is 691 g/mol. The highest BCUT2D eigenvalue weighted by Gasteiger charge is 2.53. The average molecular weight is 692 g/mol. The quantitative estimate of drug-likeness (QED) is 0.111. The summed E-state index contributed by atoms with van der Waals surface area (Å²) in [5, 5.41) is 3.88. The average Bonchev–Trinajstić information content (AvgIpc) is 3.34. The molecule has 2 aromatic rings. The number of carbonyl (C=O) groups is 1. The van der Waals surface area contributed by atoms with Gasteiger partial charge in [0.1, 0.15) is 6.10 Å². The second-order valence-corrected chi connectivity index (χ2v) is 19.2. The summed E-state index contributed by atoms with van der Waals surface area (Å²) >= 11 is 0. The van der Waals surface area contributed by atoms with Gasteiger partial charge in [-0.3, -0.25) is 4.79 Å². The van der Waals surface area contributed by atoms with Crippen LogP contribution in [0.25, 0.3) is 0 Å². The lowest BCUT2D eigenvalue weighted by Gasteiger charge is -2.44. The number of amides is 1. The van der Waals surface area contributed by atoms with Crippen molar-refractivity contribution in [2.45, 2.75) is 160 Å². The summed E-state index contributed by atoms with van der Waals surface area (Å²) in [5.74, 6) is -3.01. The van der Waals surface area contributed by atoms with Gasteiger partial charge in [0.2, 0.25) is 0 Å². The van der Waals surface area contributed by atoms with Crippen LogP contribution in [0.2, 0.25) is 5.04 Å². The molecule has 0 unspecified atom stereocenters. The van der Waals surface area contributed by atoms with Crippen LogP contribution in [0.5, 0.6) is 0 Å². The number of benzene rings is 2. The van der Waals surface area contributed by atoms with Gasteiger partial charge < -0.3 is 19.2 Å². The molecule has 3 rings (SSSR count). The van der Waals surface area contributed by atoms with E-state index in [0.717, 1.165) is 29.6 Å². The first kappa shape index (κ1) is 40.2. The fourth-order valence-electron chi connectivity index (χ4n) is 7.06. The predicted molar refractivity (Wildman–Crippen MR) is 191 cm³/mol. The van der Waals surface area contributed by atoms with Gasteiger partial charge in [0.15, 0.2) is 5.79 Å². The van der Waals surface area contributed by atoms with Gasteiger partial charge in [-0.2, -0.15) is 13.2 Å². The van der Waals surface area contributed by atoms with Crippen LogP contribution < -0.4 is 15.7 Å². The molecule has 1 saturated heterocycles. The van der Waals surface area contributed by atoms with Crippen molar-refractivity contribution < 1.29 is 31.9 Å². The molecule has 1 N–H and O–H groups in total. The van der Waals surface area contributed by atoms with Crippen molar-refractivity contribution in [1.29, 1.82) is 0 Å². The first-order valence-corrected chi connectivity index (χ1v) is 20.1. The van der Waals surface area contributed by atoms with Crippen molar-refractivity contribution in [3.63, 3.8) is 0 Å². The molecule has 1 aliphatic heterocycles. The molecule has 0 saturated carbocycles. The van der Waals surface area contributed by atoms with Gasteiger partial charge in [-0.05, 0) is 35.7 Å². The third-order valence-electron chi connectivity index (χ3n) is 9.43. The molecule has 1 aliphatic rings. The maximum Gasteiger partial charge on any atom is 0.471 e. The van der Waals surface area contributed by atoms with Crippen LogP contribution in [-0.4, -0.2) is 51.0 Å². The molecule has 3 atom stereocenters. The number of unbranched alkanes of at least 4 members (excludes halogenated alkanes) is 11. The van der Waals surface area contributed by atoms with Crippen LogP contribution in [-0.2, 0) is 18.7 Å². The number of nitrogens with one attached hydrogen (secondary N) is 1. The third-order valence-corrected chi connectivity index (χ3v) is 14.4. The zero-order valence-corrected chi connectivity index (χ0v) is 31.2. The Morgan fingerprint density at radius 2 is 1.25 bits per heavy atom. The van der Waals surface area contributed by atoms with Crippen molar-refractivity contribution >= 4 is 24.6 Å². The van der Waals surface area contributed by atoms with Crippen molar-refractivity contribution in [1.82, 2.24) is 5.32 Å². The smallest absolute Gasteiger partial charge is 0.405 e. The highest BCUT2D eigenvalue weighted by Crippen LogP contribution is 2.38. The normalized spacial score (nSPS) is 18.9. The van der Waals surface area contributed by atoms with Gasteiger partial charge in [0, 0.05) is 0 Å². The lowest BCUT2D eigenvalue weighted by atomic mass is 9.99. The Morgan fingerprint density at radius 1 is 0.792 bits per heavy atom. The minimum atomic E-state index is -5.05. The van der Waals surface area contributed by atoms with Crippen LogP contribution in [0.3, 0.4) is 0 Å². The maximum atomic E-state index is 13.7. The fraction of sp³-hybridized carbons (Fsp3) is 0.667. The number of alkyl halides is 3. The van der Waals surface area contributed by atoms with Crippen molar-refractivity contribution in [2.75, 3.05) is 6.61 Å². The van der Waals surface area contributed by atoms with Crippen LogP contribution in [0.1, 0.15) is 125 Å². The molecule has 1 fully saturated rings. The van der Waals surface area contributed by atoms with Crippen LogP contribution >= 0.6 is 0 Å². The van der Waals surface area contributed by atoms with Gasteiger partial charge >= 0.3 is 12.1 Å². The molecule has 270 valence electrons. The summed E-state index contributed by atoms with van der Waals surface area (Å²) in [5.41, 5.74) is 0. The van der Waals surface area contributed by atoms with Gasteiger partial charge in [0.05, 0.1) is 18.8 Å². The summed E-state index contributed by atoms with van der Waals surface area (Å²) in [7, 11) is -3.11. The zero-order valence-electron chi connectivity index (χ0n) is 30.2. The van der Waals surface area contributed by atoms with E-state index in [2.05, 4.69) is 33.0 Å². The SMILES string of the molecule is CCCCCCCCCCCCCC[C@H]1OC(C)(C)O[C@H]1[C@H](CO[Si](c1ccccc1)(c1ccccc1)C(C)(C)C)NC(=O)C(F)(F)F. The molecular weight excluding hydrogens is 632 g/mol. The minimum Gasteiger partial charge on any atom is -0.405 e. The number of carbonyl (C=O) groups excluding carboxylic acids is 1. The van der Waals surface area contributed by atoms with Gasteiger partial charge in [-0.25, -0.2) is 0 Å². The Morgan fingerprint density at radius 3 is 1.69 bits per heavy atom. The summed E-state index contributed by atoms with van der Waals surface area (Å²) in [4.78, 5) is 12.5. The Bertz CT molecular complexity index is 1160. The summed E-state index contributed by atoms with van der Waals surface area (Å²) in [6.07, 6.45) is 8.88. The van der Waals surface area contributed by atoms with Crippen LogP contribution in [0, 0.1) is 0 Å². The van der Waals surface area contributed by atoms with E-state index in [4.69, 9.17) is 13.9 Å². The van der Waals surface area contributed by atoms with Gasteiger partial charge in [0.25, 0.3) is 8.32 Å². The standard InChI is InChI=1S/C39H60F3NO4Si/c1-7-8-9-10-11-12-13-14-15-16-17-24-29-34-35(47-38(5,6)46-34)33(43-36(44)39(40,41)42)30-45-48(37(2,3)4,31-25-20-18-21-26-31)32-27-22-19-23-28-32/h18-23,25-28,33-35H,7-17,24,29-30H2,1-6H3,(H,43,44)/t33-,34+,35-/m0/s1. The number of rotatable bonds is 20. The topological polar surface area (TPSA) is 56.8 Å². The Labute approximate surface area is 288 Å². The molecule has 1 amide bonds. The predicted octanol–water partition coefficient (Wildman–Crippen LogP) is 9.22. The zero-order chi connectivity index (χ0) is 35.3. The number of halogens is 3. The van der Waals surface area contributed by atoms with Crippen molar-refractivity contribution in [3.8, 4) is 0 Å². The lowest BCUT2D eigenvalue weighted by Crippen LogP contribution is -2.68. The number of ether oxygens (including phenoxy) is 2. The van der Waals surface area contributed by atoms with E-state index in [1.54, 1.807) is 13.8 Å². The van der Waals surface area contributed by atoms with E-state index in [9.17, 15) is 18.0 Å². The van der Waals surface area contributed by atoms with Gasteiger partial charge in [-0.1, -0.05) is 165 Å².